The fourth-order valence-corrected chi connectivity index (χ4v) is 1.79. The van der Waals surface area contributed by atoms with Gasteiger partial charge in [-0.1, -0.05) is 30.3 Å². The van der Waals surface area contributed by atoms with E-state index in [1.807, 2.05) is 30.3 Å². The first-order chi connectivity index (χ1) is 10.3. The lowest BCUT2D eigenvalue weighted by Crippen LogP contribution is -2.13. The fraction of sp³-hybridized carbons (Fsp3) is 0.154. The van der Waals surface area contributed by atoms with Gasteiger partial charge in [0.15, 0.2) is 12.4 Å². The maximum absolute atomic E-state index is 11.3. The number of rotatable bonds is 4. The van der Waals surface area contributed by atoms with E-state index >= 15 is 0 Å². The molecule has 0 unspecified atom stereocenters. The molecule has 0 radical (unpaired) electrons. The number of hydrogen-bond donors (Lipinski definition) is 0. The number of carbonyl (C=O) groups excluding carboxylic acids is 1. The van der Waals surface area contributed by atoms with E-state index < -0.39 is 5.97 Å². The van der Waals surface area contributed by atoms with Crippen LogP contribution in [0, 0.1) is 0 Å². The van der Waals surface area contributed by atoms with Crippen LogP contribution >= 0.6 is 0 Å². The molecule has 1 aromatic carbocycles. The molecule has 3 rings (SSSR count). The standard InChI is InChI=1S/C13H12N6O2/c1-21-13(20)11-7-8-18(15-11)9-19-16-12(14-17-19)10-5-3-2-4-6-10/h2-8H,9H2,1H3. The van der Waals surface area contributed by atoms with E-state index in [0.29, 0.717) is 5.82 Å². The molecule has 0 spiro atoms. The summed E-state index contributed by atoms with van der Waals surface area (Å²) in [5, 5.41) is 16.3. The number of methoxy groups -OCH3 is 1. The average molecular weight is 284 g/mol. The van der Waals surface area contributed by atoms with E-state index in [2.05, 4.69) is 25.2 Å². The van der Waals surface area contributed by atoms with Crippen molar-refractivity contribution in [3.05, 3.63) is 48.3 Å². The van der Waals surface area contributed by atoms with Crippen molar-refractivity contribution in [2.45, 2.75) is 6.67 Å². The van der Waals surface area contributed by atoms with Crippen molar-refractivity contribution in [2.24, 2.45) is 0 Å². The van der Waals surface area contributed by atoms with Crippen LogP contribution in [0.25, 0.3) is 11.4 Å². The summed E-state index contributed by atoms with van der Waals surface area (Å²) in [6.07, 6.45) is 1.65. The van der Waals surface area contributed by atoms with Crippen molar-refractivity contribution < 1.29 is 9.53 Å². The lowest BCUT2D eigenvalue weighted by atomic mass is 10.2. The Hall–Kier alpha value is -3.03. The molecule has 8 heteroatoms. The van der Waals surface area contributed by atoms with Crippen molar-refractivity contribution >= 4 is 5.97 Å². The molecule has 21 heavy (non-hydrogen) atoms. The van der Waals surface area contributed by atoms with Crippen LogP contribution in [0.2, 0.25) is 0 Å². The molecule has 2 aromatic heterocycles. The van der Waals surface area contributed by atoms with Gasteiger partial charge in [-0.25, -0.2) is 9.48 Å². The summed E-state index contributed by atoms with van der Waals surface area (Å²) >= 11 is 0. The minimum absolute atomic E-state index is 0.237. The largest absolute Gasteiger partial charge is 0.464 e. The number of aromatic nitrogens is 6. The molecule has 0 aliphatic carbocycles. The maximum atomic E-state index is 11.3. The van der Waals surface area contributed by atoms with Crippen molar-refractivity contribution in [3.8, 4) is 11.4 Å². The molecule has 0 aliphatic rings. The summed E-state index contributed by atoms with van der Waals surface area (Å²) in [6.45, 7) is 0.261. The second-order valence-electron chi connectivity index (χ2n) is 4.22. The molecule has 0 atom stereocenters. The summed E-state index contributed by atoms with van der Waals surface area (Å²) in [5.41, 5.74) is 1.13. The van der Waals surface area contributed by atoms with Crippen LogP contribution in [0.1, 0.15) is 10.5 Å². The van der Waals surface area contributed by atoms with Crippen LogP contribution < -0.4 is 0 Å². The Morgan fingerprint density at radius 1 is 1.19 bits per heavy atom. The van der Waals surface area contributed by atoms with Crippen molar-refractivity contribution in [1.29, 1.82) is 0 Å². The van der Waals surface area contributed by atoms with Gasteiger partial charge >= 0.3 is 5.97 Å². The highest BCUT2D eigenvalue weighted by Crippen LogP contribution is 2.11. The topological polar surface area (TPSA) is 87.7 Å². The summed E-state index contributed by atoms with van der Waals surface area (Å²) in [6, 6.07) is 11.1. The number of ether oxygens (including phenoxy) is 1. The maximum Gasteiger partial charge on any atom is 0.358 e. The Kier molecular flexibility index (Phi) is 3.42. The predicted octanol–water partition coefficient (Wildman–Crippen LogP) is 0.829. The van der Waals surface area contributed by atoms with Gasteiger partial charge in [0.2, 0.25) is 5.82 Å². The second kappa shape index (κ2) is 5.53. The Morgan fingerprint density at radius 3 is 2.76 bits per heavy atom. The first-order valence-electron chi connectivity index (χ1n) is 6.21. The highest BCUT2D eigenvalue weighted by Gasteiger charge is 2.10. The summed E-state index contributed by atoms with van der Waals surface area (Å²) in [7, 11) is 1.31. The number of benzene rings is 1. The lowest BCUT2D eigenvalue weighted by Gasteiger charge is -1.98. The molecule has 0 bridgehead atoms. The van der Waals surface area contributed by atoms with Crippen LogP contribution in [0.15, 0.2) is 42.6 Å². The van der Waals surface area contributed by atoms with Crippen LogP contribution in [0.4, 0.5) is 0 Å². The second-order valence-corrected chi connectivity index (χ2v) is 4.22. The molecule has 3 aromatic rings. The van der Waals surface area contributed by atoms with Crippen molar-refractivity contribution in [1.82, 2.24) is 30.0 Å². The smallest absolute Gasteiger partial charge is 0.358 e. The van der Waals surface area contributed by atoms with Gasteiger partial charge in [0, 0.05) is 11.8 Å². The highest BCUT2D eigenvalue weighted by atomic mass is 16.5. The minimum atomic E-state index is -0.481. The molecule has 0 N–H and O–H groups in total. The van der Waals surface area contributed by atoms with E-state index in [-0.39, 0.29) is 12.4 Å². The summed E-state index contributed by atoms with van der Waals surface area (Å²) in [5.74, 6) is 0.0567. The zero-order valence-corrected chi connectivity index (χ0v) is 11.2. The van der Waals surface area contributed by atoms with Gasteiger partial charge in [-0.3, -0.25) is 0 Å². The zero-order chi connectivity index (χ0) is 14.7. The SMILES string of the molecule is COC(=O)c1ccn(Cn2nnc(-c3ccccc3)n2)n1. The Labute approximate surface area is 120 Å². The fourth-order valence-electron chi connectivity index (χ4n) is 1.79. The lowest BCUT2D eigenvalue weighted by molar-refractivity contribution is 0.0592. The van der Waals surface area contributed by atoms with Crippen LogP contribution in [-0.2, 0) is 11.4 Å². The van der Waals surface area contributed by atoms with Gasteiger partial charge in [0.25, 0.3) is 0 Å². The Bertz CT molecular complexity index is 749. The normalized spacial score (nSPS) is 10.5. The van der Waals surface area contributed by atoms with Gasteiger partial charge in [0.05, 0.1) is 7.11 Å². The van der Waals surface area contributed by atoms with Crippen LogP contribution in [0.5, 0.6) is 0 Å². The van der Waals surface area contributed by atoms with Gasteiger partial charge in [-0.05, 0) is 11.3 Å². The molecule has 8 nitrogen and oxygen atoms in total. The Balaban J connectivity index is 1.76. The average Bonchev–Trinajstić information content (AvgIpc) is 3.17. The van der Waals surface area contributed by atoms with E-state index in [9.17, 15) is 4.79 Å². The van der Waals surface area contributed by atoms with Crippen LogP contribution in [0.3, 0.4) is 0 Å². The molecular weight excluding hydrogens is 272 g/mol. The van der Waals surface area contributed by atoms with Gasteiger partial charge in [-0.15, -0.1) is 15.0 Å². The number of esters is 1. The summed E-state index contributed by atoms with van der Waals surface area (Å²) < 4.78 is 6.13. The molecule has 0 saturated heterocycles. The van der Waals surface area contributed by atoms with Gasteiger partial charge in [-0.2, -0.15) is 5.10 Å². The highest BCUT2D eigenvalue weighted by molar-refractivity contribution is 5.86. The monoisotopic (exact) mass is 284 g/mol. The van der Waals surface area contributed by atoms with Crippen LogP contribution in [-0.4, -0.2) is 43.1 Å². The van der Waals surface area contributed by atoms with E-state index in [4.69, 9.17) is 0 Å². The molecule has 0 fully saturated rings. The third-order valence-corrected chi connectivity index (χ3v) is 2.79. The quantitative estimate of drug-likeness (QED) is 0.659. The number of hydrogen-bond acceptors (Lipinski definition) is 6. The van der Waals surface area contributed by atoms with Gasteiger partial charge < -0.3 is 4.74 Å². The van der Waals surface area contributed by atoms with Crippen molar-refractivity contribution in [3.63, 3.8) is 0 Å². The Morgan fingerprint density at radius 2 is 2.00 bits per heavy atom. The molecular formula is C13H12N6O2. The summed E-state index contributed by atoms with van der Waals surface area (Å²) in [4.78, 5) is 12.7. The predicted molar refractivity (Wildman–Crippen MR) is 72.2 cm³/mol. The molecule has 0 saturated carbocycles. The molecule has 2 heterocycles. The third-order valence-electron chi connectivity index (χ3n) is 2.79. The first kappa shape index (κ1) is 13.0. The zero-order valence-electron chi connectivity index (χ0n) is 11.2. The number of nitrogens with zero attached hydrogens (tertiary/aromatic N) is 6. The third kappa shape index (κ3) is 2.78. The minimum Gasteiger partial charge on any atom is -0.464 e. The number of tetrazole rings is 1. The van der Waals surface area contributed by atoms with Crippen molar-refractivity contribution in [2.75, 3.05) is 7.11 Å². The molecule has 106 valence electrons. The van der Waals surface area contributed by atoms with E-state index in [1.54, 1.807) is 12.3 Å². The van der Waals surface area contributed by atoms with Gasteiger partial charge in [0.1, 0.15) is 0 Å². The molecule has 0 amide bonds. The first-order valence-corrected chi connectivity index (χ1v) is 6.21. The van der Waals surface area contributed by atoms with E-state index in [1.165, 1.54) is 16.6 Å². The number of carbonyl (C=O) groups is 1. The molecule has 0 aliphatic heterocycles. The van der Waals surface area contributed by atoms with E-state index in [0.717, 1.165) is 5.56 Å².